The molecule has 3 saturated carbocycles. The van der Waals surface area contributed by atoms with Crippen molar-refractivity contribution in [1.29, 1.82) is 0 Å². The zero-order valence-electron chi connectivity index (χ0n) is 57.9. The van der Waals surface area contributed by atoms with Gasteiger partial charge in [-0.2, -0.15) is 0 Å². The van der Waals surface area contributed by atoms with E-state index in [1.165, 1.54) is 225 Å². The molecule has 17 rings (SSSR count). The zero-order valence-corrected chi connectivity index (χ0v) is 57.9. The lowest BCUT2D eigenvalue weighted by atomic mass is 9.79. The van der Waals surface area contributed by atoms with E-state index in [2.05, 4.69) is 323 Å². The molecule has 0 bridgehead atoms. The molecule has 0 atom stereocenters. The van der Waals surface area contributed by atoms with E-state index in [0.29, 0.717) is 17.8 Å². The zero-order chi connectivity index (χ0) is 66.2. The van der Waals surface area contributed by atoms with Crippen molar-refractivity contribution >= 4 is 34.1 Å². The molecule has 0 unspecified atom stereocenters. The Kier molecular flexibility index (Phi) is 17.5. The monoisotopic (exact) mass is 1270 g/mol. The molecule has 0 N–H and O–H groups in total. The highest BCUT2D eigenvalue weighted by atomic mass is 15.1. The standard InChI is InChI=1S/C51H51N.C45H41N/c1-51(2)49-34-41(37-16-8-4-9-17-37)26-32-47(49)48-33-31-44(35-50(48)51)52(42-27-22-38(23-28-42)36-14-6-3-7-15-36)43-29-24-40(25-30-43)46-21-13-12-20-45(46)39-18-10-5-11-19-39;1-45(2)42-19-11-9-18-40(42)41-30-29-38(31-43(41)45)46(37-27-25-35(26-28-37)33-15-7-4-8-16-33)44-20-12-10-17-39(44)36-23-21-34(22-24-36)32-13-5-3-6-14-32/h3,6-7,12-15,20-35,37,39H,4-5,8-11,16-19H2,1-2H3;4,7-12,15-32H,3,5-6,13-14H2,1-2H3. The van der Waals surface area contributed by atoms with E-state index in [9.17, 15) is 0 Å². The molecule has 12 aromatic rings. The van der Waals surface area contributed by atoms with E-state index in [0.717, 1.165) is 5.69 Å². The van der Waals surface area contributed by atoms with Crippen LogP contribution in [0.4, 0.5) is 34.1 Å². The maximum atomic E-state index is 2.56. The number of rotatable bonds is 13. The van der Waals surface area contributed by atoms with Gasteiger partial charge in [-0.25, -0.2) is 0 Å². The van der Waals surface area contributed by atoms with E-state index in [1.54, 1.807) is 5.56 Å². The second-order valence-electron chi connectivity index (χ2n) is 29.8. The summed E-state index contributed by atoms with van der Waals surface area (Å²) >= 11 is 0. The molecule has 5 aliphatic carbocycles. The van der Waals surface area contributed by atoms with Gasteiger partial charge in [0.1, 0.15) is 0 Å². The molecule has 0 heterocycles. The maximum absolute atomic E-state index is 2.56. The topological polar surface area (TPSA) is 6.48 Å². The fraction of sp³-hybridized carbons (Fsp3) is 0.250. The molecule has 0 saturated heterocycles. The summed E-state index contributed by atoms with van der Waals surface area (Å²) in [7, 11) is 0. The third-order valence-corrected chi connectivity index (χ3v) is 23.2. The summed E-state index contributed by atoms with van der Waals surface area (Å²) in [6, 6.07) is 107. The minimum atomic E-state index is -0.0702. The van der Waals surface area contributed by atoms with Crippen LogP contribution >= 0.6 is 0 Å². The van der Waals surface area contributed by atoms with Crippen molar-refractivity contribution in [3.63, 3.8) is 0 Å². The number of fused-ring (bicyclic) bond motifs is 6. The van der Waals surface area contributed by atoms with Gasteiger partial charge in [-0.05, 0) is 223 Å². The first kappa shape index (κ1) is 63.0. The minimum absolute atomic E-state index is 0.0686. The van der Waals surface area contributed by atoms with Crippen LogP contribution in [-0.4, -0.2) is 0 Å². The van der Waals surface area contributed by atoms with E-state index in [-0.39, 0.29) is 10.8 Å². The molecule has 0 radical (unpaired) electrons. The third kappa shape index (κ3) is 12.2. The fourth-order valence-electron chi connectivity index (χ4n) is 17.7. The van der Waals surface area contributed by atoms with Gasteiger partial charge in [0, 0.05) is 44.8 Å². The SMILES string of the molecule is CC1(C)c2cc(C3CCCCC3)ccc2-c2ccc(N(c3ccc(-c4ccccc4)cc3)c3ccc(-c4ccccc4C4CCCCC4)cc3)cc21.CC1(C)c2ccccc2-c2ccc(N(c3ccc(-c4ccccc4)cc3)c3ccccc3-c3ccc(C4CCCCC4)cc3)cc21. The molecule has 0 aliphatic heterocycles. The molecule has 5 aliphatic rings. The Morgan fingerprint density at radius 2 is 0.582 bits per heavy atom. The van der Waals surface area contributed by atoms with Gasteiger partial charge in [0.05, 0.1) is 5.69 Å². The van der Waals surface area contributed by atoms with Crippen LogP contribution in [0, 0.1) is 0 Å². The van der Waals surface area contributed by atoms with Gasteiger partial charge in [0.25, 0.3) is 0 Å². The highest BCUT2D eigenvalue weighted by molar-refractivity contribution is 5.92. The predicted octanol–water partition coefficient (Wildman–Crippen LogP) is 27.7. The van der Waals surface area contributed by atoms with Crippen molar-refractivity contribution in [3.8, 4) is 66.8 Å². The highest BCUT2D eigenvalue weighted by Gasteiger charge is 2.38. The van der Waals surface area contributed by atoms with Gasteiger partial charge in [-0.15, -0.1) is 0 Å². The summed E-state index contributed by atoms with van der Waals surface area (Å²) in [4.78, 5) is 4.91. The number of benzene rings is 12. The molecule has 2 nitrogen and oxygen atoms in total. The highest BCUT2D eigenvalue weighted by Crippen LogP contribution is 2.54. The second-order valence-corrected chi connectivity index (χ2v) is 29.8. The second kappa shape index (κ2) is 27.3. The van der Waals surface area contributed by atoms with Gasteiger partial charge in [-0.1, -0.05) is 304 Å². The third-order valence-electron chi connectivity index (χ3n) is 23.2. The number of hydrogen-bond donors (Lipinski definition) is 0. The van der Waals surface area contributed by atoms with Crippen LogP contribution in [0.1, 0.15) is 181 Å². The van der Waals surface area contributed by atoms with Crippen LogP contribution in [0.2, 0.25) is 0 Å². The van der Waals surface area contributed by atoms with Gasteiger partial charge < -0.3 is 9.80 Å². The van der Waals surface area contributed by atoms with Crippen LogP contribution in [0.5, 0.6) is 0 Å². The number of hydrogen-bond acceptors (Lipinski definition) is 2. The Morgan fingerprint density at radius 3 is 1.13 bits per heavy atom. The number of nitrogens with zero attached hydrogens (tertiary/aromatic N) is 2. The van der Waals surface area contributed by atoms with Gasteiger partial charge in [0.2, 0.25) is 0 Å². The summed E-state index contributed by atoms with van der Waals surface area (Å²) in [5.74, 6) is 2.08. The summed E-state index contributed by atoms with van der Waals surface area (Å²) in [6.07, 6.45) is 20.2. The Hall–Kier alpha value is -9.76. The summed E-state index contributed by atoms with van der Waals surface area (Å²) in [5, 5.41) is 0. The lowest BCUT2D eigenvalue weighted by Crippen LogP contribution is -2.17. The maximum Gasteiger partial charge on any atom is 0.0540 e. The van der Waals surface area contributed by atoms with E-state index in [1.807, 2.05) is 0 Å². The summed E-state index contributed by atoms with van der Waals surface area (Å²) in [6.45, 7) is 9.60. The molecular formula is C96H92N2. The molecular weight excluding hydrogens is 1180 g/mol. The van der Waals surface area contributed by atoms with Crippen molar-refractivity contribution in [2.45, 2.75) is 153 Å². The molecule has 0 spiro atoms. The van der Waals surface area contributed by atoms with Crippen molar-refractivity contribution in [2.75, 3.05) is 9.80 Å². The first-order valence-electron chi connectivity index (χ1n) is 37.0. The van der Waals surface area contributed by atoms with E-state index < -0.39 is 0 Å². The minimum Gasteiger partial charge on any atom is -0.310 e. The van der Waals surface area contributed by atoms with Crippen LogP contribution < -0.4 is 9.80 Å². The molecule has 3 fully saturated rings. The van der Waals surface area contributed by atoms with Crippen LogP contribution in [0.15, 0.2) is 285 Å². The fourth-order valence-corrected chi connectivity index (χ4v) is 17.7. The van der Waals surface area contributed by atoms with E-state index in [4.69, 9.17) is 0 Å². The number of para-hydroxylation sites is 1. The van der Waals surface area contributed by atoms with Crippen LogP contribution in [0.25, 0.3) is 66.8 Å². The average Bonchev–Trinajstić information content (AvgIpc) is 1.57. The largest absolute Gasteiger partial charge is 0.310 e. The Morgan fingerprint density at radius 1 is 0.235 bits per heavy atom. The normalized spacial score (nSPS) is 16.2. The molecule has 0 aromatic heterocycles. The van der Waals surface area contributed by atoms with Crippen molar-refractivity contribution in [3.05, 3.63) is 324 Å². The van der Waals surface area contributed by atoms with Gasteiger partial charge >= 0.3 is 0 Å². The van der Waals surface area contributed by atoms with Crippen molar-refractivity contribution in [2.24, 2.45) is 0 Å². The van der Waals surface area contributed by atoms with Gasteiger partial charge in [-0.3, -0.25) is 0 Å². The van der Waals surface area contributed by atoms with Gasteiger partial charge in [0.15, 0.2) is 0 Å². The number of anilines is 6. The Bertz CT molecular complexity index is 4750. The quantitative estimate of drug-likeness (QED) is 0.114. The van der Waals surface area contributed by atoms with E-state index >= 15 is 0 Å². The summed E-state index contributed by atoms with van der Waals surface area (Å²) < 4.78 is 0. The summed E-state index contributed by atoms with van der Waals surface area (Å²) in [5.41, 5.74) is 32.8. The molecule has 12 aromatic carbocycles. The van der Waals surface area contributed by atoms with Crippen molar-refractivity contribution < 1.29 is 0 Å². The average molecular weight is 1270 g/mol. The van der Waals surface area contributed by atoms with Crippen LogP contribution in [0.3, 0.4) is 0 Å². The Balaban J connectivity index is 0.000000154. The molecule has 98 heavy (non-hydrogen) atoms. The lowest BCUT2D eigenvalue weighted by Gasteiger charge is -2.30. The van der Waals surface area contributed by atoms with Crippen LogP contribution in [-0.2, 0) is 10.8 Å². The van der Waals surface area contributed by atoms with Crippen molar-refractivity contribution in [1.82, 2.24) is 0 Å². The first-order valence-corrected chi connectivity index (χ1v) is 37.0. The Labute approximate surface area is 583 Å². The molecule has 486 valence electrons. The first-order chi connectivity index (χ1) is 48.1. The lowest BCUT2D eigenvalue weighted by molar-refractivity contribution is 0.443. The molecule has 2 heteroatoms. The molecule has 0 amide bonds. The predicted molar refractivity (Wildman–Crippen MR) is 417 cm³/mol. The smallest absolute Gasteiger partial charge is 0.0540 e.